The number of aromatic nitrogens is 1. The van der Waals surface area contributed by atoms with Gasteiger partial charge in [0.1, 0.15) is 0 Å². The van der Waals surface area contributed by atoms with Crippen molar-refractivity contribution in [1.82, 2.24) is 4.98 Å². The van der Waals surface area contributed by atoms with Crippen molar-refractivity contribution in [3.63, 3.8) is 0 Å². The fourth-order valence-corrected chi connectivity index (χ4v) is 3.12. The van der Waals surface area contributed by atoms with E-state index in [9.17, 15) is 9.70 Å². The Morgan fingerprint density at radius 3 is 2.50 bits per heavy atom. The average Bonchev–Trinajstić information content (AvgIpc) is 2.54. The first-order valence-corrected chi connectivity index (χ1v) is 7.89. The first-order chi connectivity index (χ1) is 10.5. The predicted octanol–water partition coefficient (Wildman–Crippen LogP) is 4.47. The van der Waals surface area contributed by atoms with Crippen molar-refractivity contribution in [2.24, 2.45) is 5.18 Å². The molecule has 0 aliphatic carbocycles. The number of carbonyl (C=O) groups excluding carboxylic acids is 1. The Kier molecular flexibility index (Phi) is 5.08. The van der Waals surface area contributed by atoms with Crippen LogP contribution in [-0.2, 0) is 11.2 Å². The van der Waals surface area contributed by atoms with Gasteiger partial charge in [-0.15, -0.1) is 16.7 Å². The summed E-state index contributed by atoms with van der Waals surface area (Å²) in [7, 11) is 0. The molecule has 2 aromatic rings. The highest BCUT2D eigenvalue weighted by Crippen LogP contribution is 2.39. The van der Waals surface area contributed by atoms with E-state index >= 15 is 0 Å². The van der Waals surface area contributed by atoms with Crippen molar-refractivity contribution in [1.29, 1.82) is 0 Å². The third kappa shape index (κ3) is 3.60. The van der Waals surface area contributed by atoms with Gasteiger partial charge in [0, 0.05) is 28.0 Å². The maximum absolute atomic E-state index is 11.7. The molecular formula is C17H18N2O2S. The van der Waals surface area contributed by atoms with Gasteiger partial charge in [-0.1, -0.05) is 31.2 Å². The van der Waals surface area contributed by atoms with Gasteiger partial charge in [-0.3, -0.25) is 9.78 Å². The van der Waals surface area contributed by atoms with Crippen molar-refractivity contribution in [3.05, 3.63) is 53.2 Å². The standard InChI is InChI=1S/C17H18N2O2S/c1-4-12-5-7-13(8-6-12)14-11-18-10-9-15(14)22-17(2,3)16(20)19-21/h5-11H,4H2,1-3H3. The fraction of sp³-hybridized carbons (Fsp3) is 0.294. The first kappa shape index (κ1) is 16.4. The van der Waals surface area contributed by atoms with E-state index in [4.69, 9.17) is 0 Å². The van der Waals surface area contributed by atoms with Crippen LogP contribution in [0.3, 0.4) is 0 Å². The summed E-state index contributed by atoms with van der Waals surface area (Å²) in [6.45, 7) is 5.51. The molecule has 0 fully saturated rings. The van der Waals surface area contributed by atoms with E-state index in [1.54, 1.807) is 26.2 Å². The van der Waals surface area contributed by atoms with Gasteiger partial charge < -0.3 is 0 Å². The lowest BCUT2D eigenvalue weighted by Crippen LogP contribution is -2.25. The van der Waals surface area contributed by atoms with Crippen LogP contribution in [0.2, 0.25) is 0 Å². The molecule has 0 saturated carbocycles. The van der Waals surface area contributed by atoms with Gasteiger partial charge in [-0.2, -0.15) is 0 Å². The van der Waals surface area contributed by atoms with E-state index in [0.29, 0.717) is 0 Å². The summed E-state index contributed by atoms with van der Waals surface area (Å²) in [5.41, 5.74) is 3.25. The maximum Gasteiger partial charge on any atom is 0.302 e. The molecule has 0 spiro atoms. The van der Waals surface area contributed by atoms with Crippen LogP contribution >= 0.6 is 11.8 Å². The summed E-state index contributed by atoms with van der Waals surface area (Å²) in [5.74, 6) is -0.665. The van der Waals surface area contributed by atoms with Crippen LogP contribution in [0.1, 0.15) is 26.3 Å². The minimum absolute atomic E-state index is 0.665. The van der Waals surface area contributed by atoms with E-state index in [2.05, 4.69) is 29.2 Å². The molecule has 4 nitrogen and oxygen atoms in total. The second-order valence-electron chi connectivity index (χ2n) is 5.43. The Bertz CT molecular complexity index is 681. The molecule has 1 aromatic carbocycles. The number of nitroso groups, excluding NO2 is 1. The second kappa shape index (κ2) is 6.83. The fourth-order valence-electron chi connectivity index (χ4n) is 2.04. The lowest BCUT2D eigenvalue weighted by atomic mass is 10.0. The van der Waals surface area contributed by atoms with E-state index < -0.39 is 10.7 Å². The predicted molar refractivity (Wildman–Crippen MR) is 89.8 cm³/mol. The molecule has 0 unspecified atom stereocenters. The van der Waals surface area contributed by atoms with Gasteiger partial charge in [0.05, 0.1) is 4.75 Å². The van der Waals surface area contributed by atoms with Crippen molar-refractivity contribution >= 4 is 17.7 Å². The molecule has 0 bridgehead atoms. The number of thioether (sulfide) groups is 1. The molecule has 5 heteroatoms. The van der Waals surface area contributed by atoms with Gasteiger partial charge in [-0.25, -0.2) is 0 Å². The monoisotopic (exact) mass is 314 g/mol. The van der Waals surface area contributed by atoms with Crippen molar-refractivity contribution in [2.45, 2.75) is 36.8 Å². The zero-order valence-corrected chi connectivity index (χ0v) is 13.7. The number of aryl methyl sites for hydroxylation is 1. The molecule has 114 valence electrons. The van der Waals surface area contributed by atoms with Crippen LogP contribution in [-0.4, -0.2) is 15.6 Å². The lowest BCUT2D eigenvalue weighted by Gasteiger charge is -2.20. The molecule has 0 atom stereocenters. The Balaban J connectivity index is 2.38. The van der Waals surface area contributed by atoms with Gasteiger partial charge in [-0.05, 0) is 37.5 Å². The van der Waals surface area contributed by atoms with Crippen LogP contribution in [0, 0.1) is 4.91 Å². The zero-order chi connectivity index (χ0) is 16.2. The number of hydrogen-bond acceptors (Lipinski definition) is 4. The number of rotatable bonds is 5. The average molecular weight is 314 g/mol. The zero-order valence-electron chi connectivity index (χ0n) is 12.9. The van der Waals surface area contributed by atoms with Crippen LogP contribution < -0.4 is 0 Å². The molecule has 22 heavy (non-hydrogen) atoms. The maximum atomic E-state index is 11.7. The molecule has 1 heterocycles. The first-order valence-electron chi connectivity index (χ1n) is 7.08. The SMILES string of the molecule is CCc1ccc(-c2cnccc2SC(C)(C)C(=O)N=O)cc1. The molecule has 2 rings (SSSR count). The van der Waals surface area contributed by atoms with Gasteiger partial charge in [0.15, 0.2) is 0 Å². The van der Waals surface area contributed by atoms with Crippen LogP contribution in [0.5, 0.6) is 0 Å². The number of pyridine rings is 1. The normalized spacial score (nSPS) is 11.2. The summed E-state index contributed by atoms with van der Waals surface area (Å²) >= 11 is 1.33. The third-order valence-electron chi connectivity index (χ3n) is 3.42. The summed E-state index contributed by atoms with van der Waals surface area (Å²) in [5, 5.41) is 2.56. The number of carbonyl (C=O) groups is 1. The van der Waals surface area contributed by atoms with Crippen LogP contribution in [0.15, 0.2) is 52.8 Å². The van der Waals surface area contributed by atoms with Crippen molar-refractivity contribution < 1.29 is 4.79 Å². The topological polar surface area (TPSA) is 59.4 Å². The Morgan fingerprint density at radius 2 is 1.91 bits per heavy atom. The summed E-state index contributed by atoms with van der Waals surface area (Å²) < 4.78 is -0.902. The van der Waals surface area contributed by atoms with Crippen LogP contribution in [0.4, 0.5) is 0 Å². The minimum atomic E-state index is -0.902. The van der Waals surface area contributed by atoms with E-state index in [1.165, 1.54) is 17.3 Å². The van der Waals surface area contributed by atoms with Crippen LogP contribution in [0.25, 0.3) is 11.1 Å². The van der Waals surface area contributed by atoms with E-state index in [-0.39, 0.29) is 0 Å². The molecule has 1 aromatic heterocycles. The molecular weight excluding hydrogens is 296 g/mol. The molecule has 0 radical (unpaired) electrons. The largest absolute Gasteiger partial charge is 0.302 e. The minimum Gasteiger partial charge on any atom is -0.267 e. The quantitative estimate of drug-likeness (QED) is 0.603. The molecule has 0 aliphatic rings. The summed E-state index contributed by atoms with van der Waals surface area (Å²) in [6.07, 6.45) is 4.45. The Morgan fingerprint density at radius 1 is 1.23 bits per heavy atom. The second-order valence-corrected chi connectivity index (χ2v) is 7.10. The smallest absolute Gasteiger partial charge is 0.267 e. The van der Waals surface area contributed by atoms with Crippen molar-refractivity contribution in [3.8, 4) is 11.1 Å². The molecule has 0 N–H and O–H groups in total. The highest BCUT2D eigenvalue weighted by atomic mass is 32.2. The summed E-state index contributed by atoms with van der Waals surface area (Å²) in [6, 6.07) is 10.1. The highest BCUT2D eigenvalue weighted by Gasteiger charge is 2.31. The molecule has 0 aliphatic heterocycles. The van der Waals surface area contributed by atoms with Crippen molar-refractivity contribution in [2.75, 3.05) is 0 Å². The number of amides is 1. The van der Waals surface area contributed by atoms with Gasteiger partial charge >= 0.3 is 5.91 Å². The molecule has 1 amide bonds. The Labute approximate surface area is 134 Å². The Hall–Kier alpha value is -2.01. The third-order valence-corrected chi connectivity index (χ3v) is 4.68. The summed E-state index contributed by atoms with van der Waals surface area (Å²) in [4.78, 5) is 27.3. The number of hydrogen-bond donors (Lipinski definition) is 0. The lowest BCUT2D eigenvalue weighted by molar-refractivity contribution is -0.119. The number of benzene rings is 1. The van der Waals surface area contributed by atoms with E-state index in [0.717, 1.165) is 22.4 Å². The highest BCUT2D eigenvalue weighted by molar-refractivity contribution is 8.01. The van der Waals surface area contributed by atoms with E-state index in [1.807, 2.05) is 18.2 Å². The van der Waals surface area contributed by atoms with Gasteiger partial charge in [0.2, 0.25) is 0 Å². The van der Waals surface area contributed by atoms with Gasteiger partial charge in [0.25, 0.3) is 0 Å². The number of nitrogens with zero attached hydrogens (tertiary/aromatic N) is 2. The molecule has 0 saturated heterocycles.